The van der Waals surface area contributed by atoms with Crippen LogP contribution in [0.15, 0.2) is 42.5 Å². The molecule has 0 fully saturated rings. The Bertz CT molecular complexity index is 818. The lowest BCUT2D eigenvalue weighted by atomic mass is 10.1. The normalized spacial score (nSPS) is 11.1. The Balaban J connectivity index is 2.13. The van der Waals surface area contributed by atoms with Crippen molar-refractivity contribution in [1.82, 2.24) is 0 Å². The molecule has 0 heterocycles. The van der Waals surface area contributed by atoms with E-state index in [2.05, 4.69) is 10.0 Å². The number of hydrogen-bond donors (Lipinski definition) is 2. The zero-order valence-electron chi connectivity index (χ0n) is 12.8. The Morgan fingerprint density at radius 1 is 1.13 bits per heavy atom. The second-order valence-electron chi connectivity index (χ2n) is 4.95. The van der Waals surface area contributed by atoms with Gasteiger partial charge in [-0.3, -0.25) is 9.52 Å². The van der Waals surface area contributed by atoms with E-state index < -0.39 is 10.0 Å². The summed E-state index contributed by atoms with van der Waals surface area (Å²) in [6, 6.07) is 11.5. The zero-order chi connectivity index (χ0) is 17.0. The van der Waals surface area contributed by atoms with Crippen molar-refractivity contribution in [2.24, 2.45) is 0 Å². The van der Waals surface area contributed by atoms with E-state index in [1.807, 2.05) is 6.92 Å². The molecule has 0 spiro atoms. The molecule has 2 N–H and O–H groups in total. The van der Waals surface area contributed by atoms with Crippen molar-refractivity contribution in [3.05, 3.63) is 58.6 Å². The average Bonchev–Trinajstić information content (AvgIpc) is 2.52. The lowest BCUT2D eigenvalue weighted by Crippen LogP contribution is -2.15. The van der Waals surface area contributed by atoms with Gasteiger partial charge in [-0.25, -0.2) is 8.42 Å². The van der Waals surface area contributed by atoms with E-state index in [0.717, 1.165) is 5.56 Å². The highest BCUT2D eigenvalue weighted by Crippen LogP contribution is 2.23. The second-order valence-corrected chi connectivity index (χ2v) is 7.37. The fourth-order valence-electron chi connectivity index (χ4n) is 1.88. The van der Waals surface area contributed by atoms with Crippen molar-refractivity contribution >= 4 is 38.9 Å². The number of anilines is 2. The highest BCUT2D eigenvalue weighted by molar-refractivity contribution is 7.92. The van der Waals surface area contributed by atoms with Crippen molar-refractivity contribution in [2.45, 2.75) is 13.8 Å². The molecule has 0 radical (unpaired) electrons. The first-order valence-electron chi connectivity index (χ1n) is 6.99. The van der Waals surface area contributed by atoms with Crippen LogP contribution in [0.25, 0.3) is 0 Å². The molecule has 0 saturated heterocycles. The molecular weight excluding hydrogens is 336 g/mol. The molecule has 0 unspecified atom stereocenters. The van der Waals surface area contributed by atoms with E-state index in [1.165, 1.54) is 0 Å². The first-order valence-corrected chi connectivity index (χ1v) is 9.02. The topological polar surface area (TPSA) is 75.3 Å². The maximum atomic E-state index is 12.2. The van der Waals surface area contributed by atoms with E-state index in [9.17, 15) is 13.2 Å². The van der Waals surface area contributed by atoms with E-state index in [-0.39, 0.29) is 11.7 Å². The summed E-state index contributed by atoms with van der Waals surface area (Å²) in [5, 5.41) is 3.36. The minimum atomic E-state index is -3.33. The number of halogens is 1. The van der Waals surface area contributed by atoms with Crippen LogP contribution in [0.3, 0.4) is 0 Å². The zero-order valence-corrected chi connectivity index (χ0v) is 14.3. The summed E-state index contributed by atoms with van der Waals surface area (Å²) in [6.07, 6.45) is 0. The van der Waals surface area contributed by atoms with Gasteiger partial charge in [-0.15, -0.1) is 0 Å². The molecule has 0 aliphatic carbocycles. The van der Waals surface area contributed by atoms with Gasteiger partial charge in [0.1, 0.15) is 0 Å². The Morgan fingerprint density at radius 2 is 1.78 bits per heavy atom. The first kappa shape index (κ1) is 17.3. The number of rotatable bonds is 5. The number of carbonyl (C=O) groups is 1. The molecule has 0 atom stereocenters. The van der Waals surface area contributed by atoms with Crippen molar-refractivity contribution in [2.75, 3.05) is 15.8 Å². The minimum absolute atomic E-state index is 0.0106. The van der Waals surface area contributed by atoms with Gasteiger partial charge in [0, 0.05) is 22.0 Å². The predicted molar refractivity (Wildman–Crippen MR) is 93.7 cm³/mol. The quantitative estimate of drug-likeness (QED) is 0.862. The monoisotopic (exact) mass is 352 g/mol. The molecule has 0 bridgehead atoms. The molecule has 1 amide bonds. The molecule has 7 heteroatoms. The van der Waals surface area contributed by atoms with E-state index in [4.69, 9.17) is 11.6 Å². The van der Waals surface area contributed by atoms with Gasteiger partial charge in [0.25, 0.3) is 5.91 Å². The Labute approximate surface area is 140 Å². The highest BCUT2D eigenvalue weighted by atomic mass is 35.5. The molecular formula is C16H17ClN2O3S. The van der Waals surface area contributed by atoms with Crippen LogP contribution in [0.5, 0.6) is 0 Å². The van der Waals surface area contributed by atoms with E-state index in [0.29, 0.717) is 22.0 Å². The fourth-order valence-corrected chi connectivity index (χ4v) is 2.69. The summed E-state index contributed by atoms with van der Waals surface area (Å²) in [7, 11) is -3.33. The summed E-state index contributed by atoms with van der Waals surface area (Å²) in [5.74, 6) is -0.302. The molecule has 0 saturated carbocycles. The standard InChI is InChI=1S/C16H17ClN2O3S/c1-3-23(21,22)19-13-9-7-12(8-10-13)16(20)18-15-6-4-5-14(17)11(15)2/h4-10,19H,3H2,1-2H3,(H,18,20). The van der Waals surface area contributed by atoms with Crippen LogP contribution >= 0.6 is 11.6 Å². The number of sulfonamides is 1. The van der Waals surface area contributed by atoms with Crippen molar-refractivity contribution in [3.8, 4) is 0 Å². The smallest absolute Gasteiger partial charge is 0.255 e. The first-order chi connectivity index (χ1) is 10.8. The lowest BCUT2D eigenvalue weighted by Gasteiger charge is -2.10. The summed E-state index contributed by atoms with van der Waals surface area (Å²) in [5.41, 5.74) is 2.26. The van der Waals surface area contributed by atoms with E-state index >= 15 is 0 Å². The molecule has 0 aliphatic rings. The third-order valence-corrected chi connectivity index (χ3v) is 5.03. The summed E-state index contributed by atoms with van der Waals surface area (Å²) >= 11 is 6.02. The number of benzene rings is 2. The van der Waals surface area contributed by atoms with Gasteiger partial charge in [0.2, 0.25) is 10.0 Å². The lowest BCUT2D eigenvalue weighted by molar-refractivity contribution is 0.102. The maximum Gasteiger partial charge on any atom is 0.255 e. The third-order valence-electron chi connectivity index (χ3n) is 3.32. The van der Waals surface area contributed by atoms with Gasteiger partial charge in [0.05, 0.1) is 5.75 Å². The molecule has 0 aliphatic heterocycles. The van der Waals surface area contributed by atoms with Crippen LogP contribution in [-0.4, -0.2) is 20.1 Å². The Kier molecular flexibility index (Phi) is 5.28. The molecule has 2 aromatic rings. The summed E-state index contributed by atoms with van der Waals surface area (Å²) in [6.45, 7) is 3.37. The number of nitrogens with one attached hydrogen (secondary N) is 2. The van der Waals surface area contributed by atoms with Crippen LogP contribution in [0.2, 0.25) is 5.02 Å². The summed E-state index contributed by atoms with van der Waals surface area (Å²) < 4.78 is 25.4. The largest absolute Gasteiger partial charge is 0.322 e. The van der Waals surface area contributed by atoms with Crippen LogP contribution in [0.4, 0.5) is 11.4 Å². The van der Waals surface area contributed by atoms with Gasteiger partial charge in [-0.1, -0.05) is 17.7 Å². The Morgan fingerprint density at radius 3 is 2.39 bits per heavy atom. The SMILES string of the molecule is CCS(=O)(=O)Nc1ccc(C(=O)Nc2cccc(Cl)c2C)cc1. The molecule has 5 nitrogen and oxygen atoms in total. The third kappa shape index (κ3) is 4.46. The van der Waals surface area contributed by atoms with Gasteiger partial charge < -0.3 is 5.32 Å². The van der Waals surface area contributed by atoms with Crippen molar-refractivity contribution in [1.29, 1.82) is 0 Å². The van der Waals surface area contributed by atoms with Crippen LogP contribution in [-0.2, 0) is 10.0 Å². The number of amides is 1. The maximum absolute atomic E-state index is 12.2. The molecule has 23 heavy (non-hydrogen) atoms. The number of carbonyl (C=O) groups excluding carboxylic acids is 1. The minimum Gasteiger partial charge on any atom is -0.322 e. The summed E-state index contributed by atoms with van der Waals surface area (Å²) in [4.78, 5) is 12.2. The van der Waals surface area contributed by atoms with Crippen LogP contribution in [0, 0.1) is 6.92 Å². The Hall–Kier alpha value is -2.05. The molecule has 2 rings (SSSR count). The van der Waals surface area contributed by atoms with Gasteiger partial charge >= 0.3 is 0 Å². The molecule has 122 valence electrons. The molecule has 0 aromatic heterocycles. The van der Waals surface area contributed by atoms with Gasteiger partial charge in [0.15, 0.2) is 0 Å². The van der Waals surface area contributed by atoms with Crippen LogP contribution in [0.1, 0.15) is 22.8 Å². The molecule has 2 aromatic carbocycles. The van der Waals surface area contributed by atoms with Crippen LogP contribution < -0.4 is 10.0 Å². The van der Waals surface area contributed by atoms with Gasteiger partial charge in [-0.05, 0) is 55.8 Å². The fraction of sp³-hybridized carbons (Fsp3) is 0.188. The second kappa shape index (κ2) is 7.02. The van der Waals surface area contributed by atoms with Crippen molar-refractivity contribution < 1.29 is 13.2 Å². The van der Waals surface area contributed by atoms with E-state index in [1.54, 1.807) is 49.4 Å². The number of hydrogen-bond acceptors (Lipinski definition) is 3. The average molecular weight is 353 g/mol. The van der Waals surface area contributed by atoms with Gasteiger partial charge in [-0.2, -0.15) is 0 Å². The predicted octanol–water partition coefficient (Wildman–Crippen LogP) is 3.66. The van der Waals surface area contributed by atoms with Crippen molar-refractivity contribution in [3.63, 3.8) is 0 Å². The highest BCUT2D eigenvalue weighted by Gasteiger charge is 2.10.